The molecule has 0 saturated carbocycles. The molecule has 4 nitrogen and oxygen atoms in total. The normalized spacial score (nSPS) is 15.8. The fraction of sp³-hybridized carbons (Fsp3) is 0.455. The molecule has 1 aromatic carbocycles. The Morgan fingerprint density at radius 1 is 1.38 bits per heavy atom. The van der Waals surface area contributed by atoms with Crippen molar-refractivity contribution in [2.45, 2.75) is 24.8 Å². The fourth-order valence-corrected chi connectivity index (χ4v) is 2.99. The summed E-state index contributed by atoms with van der Waals surface area (Å²) in [5.74, 6) is 0. The molecule has 0 unspecified atom stereocenters. The predicted molar refractivity (Wildman–Crippen MR) is 62.7 cm³/mol. The lowest BCUT2D eigenvalue weighted by Gasteiger charge is -2.17. The van der Waals surface area contributed by atoms with Crippen LogP contribution < -0.4 is 10.0 Å². The minimum Gasteiger partial charge on any atom is -0.312 e. The summed E-state index contributed by atoms with van der Waals surface area (Å²) in [4.78, 5) is 0.358. The number of sulfonamides is 1. The van der Waals surface area contributed by atoms with E-state index in [-0.39, 0.29) is 0 Å². The molecule has 0 spiro atoms. The van der Waals surface area contributed by atoms with E-state index < -0.39 is 10.0 Å². The van der Waals surface area contributed by atoms with Gasteiger partial charge in [0.15, 0.2) is 0 Å². The number of hydrogen-bond donors (Lipinski definition) is 2. The van der Waals surface area contributed by atoms with E-state index >= 15 is 0 Å². The Hall–Kier alpha value is -0.910. The minimum absolute atomic E-state index is 0.358. The van der Waals surface area contributed by atoms with Crippen molar-refractivity contribution in [1.29, 1.82) is 0 Å². The third kappa shape index (κ3) is 2.26. The lowest BCUT2D eigenvalue weighted by Crippen LogP contribution is -2.26. The van der Waals surface area contributed by atoms with Crippen molar-refractivity contribution in [3.63, 3.8) is 0 Å². The van der Waals surface area contributed by atoms with Gasteiger partial charge in [0.1, 0.15) is 0 Å². The van der Waals surface area contributed by atoms with Crippen LogP contribution >= 0.6 is 0 Å². The van der Waals surface area contributed by atoms with Crippen molar-refractivity contribution in [3.8, 4) is 0 Å². The van der Waals surface area contributed by atoms with E-state index in [9.17, 15) is 8.42 Å². The van der Waals surface area contributed by atoms with Gasteiger partial charge in [-0.1, -0.05) is 13.0 Å². The first-order valence-electron chi connectivity index (χ1n) is 5.45. The van der Waals surface area contributed by atoms with Crippen LogP contribution in [0.15, 0.2) is 23.1 Å². The highest BCUT2D eigenvalue weighted by molar-refractivity contribution is 7.89. The molecule has 0 atom stereocenters. The molecule has 16 heavy (non-hydrogen) atoms. The highest BCUT2D eigenvalue weighted by Gasteiger charge is 2.16. The molecule has 0 bridgehead atoms. The average Bonchev–Trinajstić information content (AvgIpc) is 2.28. The second-order valence-electron chi connectivity index (χ2n) is 3.86. The highest BCUT2D eigenvalue weighted by atomic mass is 32.2. The van der Waals surface area contributed by atoms with E-state index in [1.165, 1.54) is 5.56 Å². The number of rotatable bonds is 3. The van der Waals surface area contributed by atoms with E-state index in [1.807, 2.05) is 6.07 Å². The number of fused-ring (bicyclic) bond motifs is 1. The molecule has 88 valence electrons. The number of benzene rings is 1. The predicted octanol–water partition coefficient (Wildman–Crippen LogP) is 0.630. The van der Waals surface area contributed by atoms with Gasteiger partial charge >= 0.3 is 0 Å². The van der Waals surface area contributed by atoms with Gasteiger partial charge in [0, 0.05) is 13.1 Å². The summed E-state index contributed by atoms with van der Waals surface area (Å²) in [6, 6.07) is 5.36. The Balaban J connectivity index is 2.37. The molecule has 0 amide bonds. The molecule has 1 aliphatic rings. The maximum Gasteiger partial charge on any atom is 0.240 e. The van der Waals surface area contributed by atoms with Crippen LogP contribution in [0.25, 0.3) is 0 Å². The molecular formula is C11H16N2O2S. The molecule has 0 fully saturated rings. The third-order valence-corrected chi connectivity index (χ3v) is 4.25. The van der Waals surface area contributed by atoms with Crippen molar-refractivity contribution in [2.75, 3.05) is 13.1 Å². The van der Waals surface area contributed by atoms with E-state index in [2.05, 4.69) is 10.0 Å². The van der Waals surface area contributed by atoms with Gasteiger partial charge in [-0.25, -0.2) is 13.1 Å². The van der Waals surface area contributed by atoms with Crippen molar-refractivity contribution < 1.29 is 8.42 Å². The molecule has 0 radical (unpaired) electrons. The first-order chi connectivity index (χ1) is 7.63. The lowest BCUT2D eigenvalue weighted by atomic mass is 10.0. The summed E-state index contributed by atoms with van der Waals surface area (Å²) in [7, 11) is -3.32. The molecule has 2 N–H and O–H groups in total. The minimum atomic E-state index is -3.32. The summed E-state index contributed by atoms with van der Waals surface area (Å²) < 4.78 is 26.1. The molecule has 1 heterocycles. The monoisotopic (exact) mass is 240 g/mol. The number of nitrogens with one attached hydrogen (secondary N) is 2. The van der Waals surface area contributed by atoms with Crippen LogP contribution in [0.1, 0.15) is 18.1 Å². The van der Waals surface area contributed by atoms with E-state index in [0.29, 0.717) is 11.4 Å². The summed E-state index contributed by atoms with van der Waals surface area (Å²) in [5, 5.41) is 3.24. The van der Waals surface area contributed by atoms with Gasteiger partial charge < -0.3 is 5.32 Å². The molecule has 0 saturated heterocycles. The van der Waals surface area contributed by atoms with Gasteiger partial charge in [-0.2, -0.15) is 0 Å². The van der Waals surface area contributed by atoms with Gasteiger partial charge in [-0.05, 0) is 36.2 Å². The summed E-state index contributed by atoms with van der Waals surface area (Å²) >= 11 is 0. The van der Waals surface area contributed by atoms with Crippen LogP contribution in [0.2, 0.25) is 0 Å². The smallest absolute Gasteiger partial charge is 0.240 e. The van der Waals surface area contributed by atoms with Gasteiger partial charge in [0.2, 0.25) is 10.0 Å². The Morgan fingerprint density at radius 3 is 2.94 bits per heavy atom. The van der Waals surface area contributed by atoms with Crippen LogP contribution in [0.4, 0.5) is 0 Å². The first-order valence-corrected chi connectivity index (χ1v) is 6.94. The number of hydrogen-bond acceptors (Lipinski definition) is 3. The SMILES string of the molecule is CCNS(=O)(=O)c1ccc2c(c1)CNCC2. The highest BCUT2D eigenvalue weighted by Crippen LogP contribution is 2.18. The maximum atomic E-state index is 11.8. The van der Waals surface area contributed by atoms with Gasteiger partial charge in [0.25, 0.3) is 0 Å². The molecule has 2 rings (SSSR count). The van der Waals surface area contributed by atoms with E-state index in [0.717, 1.165) is 25.1 Å². The van der Waals surface area contributed by atoms with Crippen LogP contribution in [-0.2, 0) is 23.0 Å². The zero-order valence-corrected chi connectivity index (χ0v) is 10.1. The standard InChI is InChI=1S/C11H16N2O2S/c1-2-13-16(14,15)11-4-3-9-5-6-12-8-10(9)7-11/h3-4,7,12-13H,2,5-6,8H2,1H3. The summed E-state index contributed by atoms with van der Waals surface area (Å²) in [6.07, 6.45) is 0.969. The van der Waals surface area contributed by atoms with Crippen LogP contribution in [0, 0.1) is 0 Å². The van der Waals surface area contributed by atoms with Crippen LogP contribution in [0.3, 0.4) is 0 Å². The van der Waals surface area contributed by atoms with Crippen LogP contribution in [-0.4, -0.2) is 21.5 Å². The quantitative estimate of drug-likeness (QED) is 0.815. The Labute approximate surface area is 96.1 Å². The Kier molecular flexibility index (Phi) is 3.28. The third-order valence-electron chi connectivity index (χ3n) is 2.71. The zero-order valence-electron chi connectivity index (χ0n) is 9.29. The van der Waals surface area contributed by atoms with Crippen molar-refractivity contribution in [2.24, 2.45) is 0 Å². The largest absolute Gasteiger partial charge is 0.312 e. The first kappa shape index (κ1) is 11.6. The van der Waals surface area contributed by atoms with Crippen molar-refractivity contribution in [3.05, 3.63) is 29.3 Å². The van der Waals surface area contributed by atoms with Gasteiger partial charge in [-0.15, -0.1) is 0 Å². The second kappa shape index (κ2) is 4.53. The average molecular weight is 240 g/mol. The second-order valence-corrected chi connectivity index (χ2v) is 5.63. The van der Waals surface area contributed by atoms with E-state index in [1.54, 1.807) is 19.1 Å². The fourth-order valence-electron chi connectivity index (χ4n) is 1.90. The van der Waals surface area contributed by atoms with Crippen molar-refractivity contribution in [1.82, 2.24) is 10.0 Å². The molecule has 5 heteroatoms. The Bertz CT molecular complexity index is 483. The topological polar surface area (TPSA) is 58.2 Å². The summed E-state index contributed by atoms with van der Waals surface area (Å²) in [6.45, 7) is 3.91. The molecule has 1 aliphatic heterocycles. The Morgan fingerprint density at radius 2 is 2.19 bits per heavy atom. The zero-order chi connectivity index (χ0) is 11.6. The molecule has 1 aromatic rings. The lowest BCUT2D eigenvalue weighted by molar-refractivity contribution is 0.583. The molecule has 0 aromatic heterocycles. The molecular weight excluding hydrogens is 224 g/mol. The van der Waals surface area contributed by atoms with Crippen LogP contribution in [0.5, 0.6) is 0 Å². The van der Waals surface area contributed by atoms with Gasteiger partial charge in [-0.3, -0.25) is 0 Å². The summed E-state index contributed by atoms with van der Waals surface area (Å²) in [5.41, 5.74) is 2.33. The molecule has 0 aliphatic carbocycles. The van der Waals surface area contributed by atoms with E-state index in [4.69, 9.17) is 0 Å². The van der Waals surface area contributed by atoms with Crippen molar-refractivity contribution >= 4 is 10.0 Å². The maximum absolute atomic E-state index is 11.8. The van der Waals surface area contributed by atoms with Gasteiger partial charge in [0.05, 0.1) is 4.90 Å².